The van der Waals surface area contributed by atoms with Gasteiger partial charge in [-0.2, -0.15) is 0 Å². The number of nitrogens with one attached hydrogen (secondary N) is 1. The van der Waals surface area contributed by atoms with Crippen molar-refractivity contribution in [3.63, 3.8) is 0 Å². The molecular weight excluding hydrogens is 202 g/mol. The van der Waals surface area contributed by atoms with E-state index in [1.807, 2.05) is 30.3 Å². The lowest BCUT2D eigenvalue weighted by atomic mass is 10.1. The molecule has 0 atom stereocenters. The molecule has 1 rings (SSSR count). The Kier molecular flexibility index (Phi) is 4.21. The minimum absolute atomic E-state index is 0.0917. The van der Waals surface area contributed by atoms with E-state index in [2.05, 4.69) is 18.5 Å². The summed E-state index contributed by atoms with van der Waals surface area (Å²) in [5.41, 5.74) is 0.876. The van der Waals surface area contributed by atoms with Gasteiger partial charge in [0.2, 0.25) is 0 Å². The van der Waals surface area contributed by atoms with E-state index in [1.54, 1.807) is 0 Å². The Hall–Kier alpha value is -2.16. The van der Waals surface area contributed by atoms with E-state index in [0.29, 0.717) is 6.54 Å². The van der Waals surface area contributed by atoms with Crippen molar-refractivity contribution in [3.05, 3.63) is 60.7 Å². The van der Waals surface area contributed by atoms with Gasteiger partial charge in [-0.05, 0) is 11.6 Å². The Balaban J connectivity index is 2.51. The van der Waals surface area contributed by atoms with Crippen LogP contribution < -0.4 is 5.32 Å². The summed E-state index contributed by atoms with van der Waals surface area (Å²) in [6, 6.07) is 9.43. The number of benzene rings is 1. The molecule has 0 spiro atoms. The fraction of sp³-hybridized carbons (Fsp3) is 0.0769. The molecule has 1 N–H and O–H groups in total. The maximum Gasteiger partial charge on any atom is 0.254 e. The van der Waals surface area contributed by atoms with Gasteiger partial charge >= 0.3 is 0 Å². The van der Waals surface area contributed by atoms with Gasteiger partial charge < -0.3 is 5.32 Å². The Morgan fingerprint density at radius 3 is 2.44 bits per heavy atom. The Bertz CT molecular complexity index is 421. The number of ketones is 1. The molecule has 0 unspecified atom stereocenters. The molecule has 0 aliphatic heterocycles. The highest BCUT2D eigenvalue weighted by atomic mass is 16.2. The standard InChI is InChI=1S/C13H13NO2/c1-3-12(15)10(2)13(16)14-9-11-7-5-4-6-8-11/h3-8H,1-2,9H2,(H,14,16). The van der Waals surface area contributed by atoms with E-state index >= 15 is 0 Å². The second kappa shape index (κ2) is 5.66. The lowest BCUT2D eigenvalue weighted by Gasteiger charge is -2.05. The number of hydrogen-bond donors (Lipinski definition) is 1. The van der Waals surface area contributed by atoms with Crippen LogP contribution in [0.5, 0.6) is 0 Å². The van der Waals surface area contributed by atoms with Gasteiger partial charge in [0.25, 0.3) is 5.91 Å². The number of hydrogen-bond acceptors (Lipinski definition) is 2. The van der Waals surface area contributed by atoms with Crippen molar-refractivity contribution in [1.29, 1.82) is 0 Å². The maximum atomic E-state index is 11.4. The van der Waals surface area contributed by atoms with Crippen molar-refractivity contribution in [2.75, 3.05) is 0 Å². The molecule has 3 heteroatoms. The highest BCUT2D eigenvalue weighted by molar-refractivity contribution is 6.22. The van der Waals surface area contributed by atoms with Crippen LogP contribution in [0, 0.1) is 0 Å². The topological polar surface area (TPSA) is 46.2 Å². The molecule has 1 amide bonds. The molecule has 0 aromatic heterocycles. The van der Waals surface area contributed by atoms with Crippen molar-refractivity contribution < 1.29 is 9.59 Å². The fourth-order valence-corrected chi connectivity index (χ4v) is 1.12. The minimum atomic E-state index is -0.464. The third-order valence-electron chi connectivity index (χ3n) is 2.05. The van der Waals surface area contributed by atoms with Crippen LogP contribution in [0.25, 0.3) is 0 Å². The van der Waals surface area contributed by atoms with E-state index in [-0.39, 0.29) is 5.57 Å². The molecule has 1 aromatic rings. The molecule has 3 nitrogen and oxygen atoms in total. The summed E-state index contributed by atoms with van der Waals surface area (Å²) >= 11 is 0. The quantitative estimate of drug-likeness (QED) is 0.461. The van der Waals surface area contributed by atoms with Crippen LogP contribution in [0.15, 0.2) is 55.1 Å². The Morgan fingerprint density at radius 2 is 1.88 bits per heavy atom. The summed E-state index contributed by atoms with van der Waals surface area (Å²) in [6.07, 6.45) is 1.07. The van der Waals surface area contributed by atoms with Gasteiger partial charge in [-0.25, -0.2) is 0 Å². The molecule has 0 fully saturated rings. The minimum Gasteiger partial charge on any atom is -0.348 e. The molecule has 0 saturated heterocycles. The first-order valence-corrected chi connectivity index (χ1v) is 4.83. The average molecular weight is 215 g/mol. The molecule has 82 valence electrons. The highest BCUT2D eigenvalue weighted by Crippen LogP contribution is 1.99. The van der Waals surface area contributed by atoms with E-state index in [4.69, 9.17) is 0 Å². The van der Waals surface area contributed by atoms with Crippen LogP contribution in [0.2, 0.25) is 0 Å². The van der Waals surface area contributed by atoms with Gasteiger partial charge in [-0.3, -0.25) is 9.59 Å². The summed E-state index contributed by atoms with van der Waals surface area (Å²) in [5.74, 6) is -0.917. The van der Waals surface area contributed by atoms with Gasteiger partial charge in [0.05, 0.1) is 5.57 Å². The first kappa shape index (κ1) is 11.9. The van der Waals surface area contributed by atoms with Crippen LogP contribution >= 0.6 is 0 Å². The lowest BCUT2D eigenvalue weighted by molar-refractivity contribution is -0.120. The number of rotatable bonds is 5. The smallest absolute Gasteiger partial charge is 0.254 e. The maximum absolute atomic E-state index is 11.4. The van der Waals surface area contributed by atoms with E-state index < -0.39 is 11.7 Å². The first-order valence-electron chi connectivity index (χ1n) is 4.83. The zero-order valence-electron chi connectivity index (χ0n) is 8.90. The van der Waals surface area contributed by atoms with Gasteiger partial charge in [0.1, 0.15) is 0 Å². The largest absolute Gasteiger partial charge is 0.348 e. The van der Waals surface area contributed by atoms with Crippen LogP contribution in [0.1, 0.15) is 5.56 Å². The highest BCUT2D eigenvalue weighted by Gasteiger charge is 2.11. The molecule has 16 heavy (non-hydrogen) atoms. The molecule has 0 bridgehead atoms. The Labute approximate surface area is 94.5 Å². The summed E-state index contributed by atoms with van der Waals surface area (Å²) < 4.78 is 0. The summed E-state index contributed by atoms with van der Waals surface area (Å²) in [4.78, 5) is 22.5. The number of carbonyl (C=O) groups excluding carboxylic acids is 2. The van der Waals surface area contributed by atoms with Crippen LogP contribution in [-0.2, 0) is 16.1 Å². The first-order chi connectivity index (χ1) is 7.65. The number of amides is 1. The summed E-state index contributed by atoms with van der Waals surface area (Å²) in [6.45, 7) is 7.07. The monoisotopic (exact) mass is 215 g/mol. The molecule has 1 aromatic carbocycles. The molecular formula is C13H13NO2. The predicted molar refractivity (Wildman–Crippen MR) is 62.6 cm³/mol. The van der Waals surface area contributed by atoms with E-state index in [9.17, 15) is 9.59 Å². The van der Waals surface area contributed by atoms with Crippen molar-refractivity contribution >= 4 is 11.7 Å². The fourth-order valence-electron chi connectivity index (χ4n) is 1.12. The predicted octanol–water partition coefficient (Wildman–Crippen LogP) is 1.61. The second-order valence-corrected chi connectivity index (χ2v) is 3.22. The van der Waals surface area contributed by atoms with Crippen LogP contribution in [0.4, 0.5) is 0 Å². The number of allylic oxidation sites excluding steroid dienone is 1. The second-order valence-electron chi connectivity index (χ2n) is 3.22. The number of carbonyl (C=O) groups is 2. The summed E-state index contributed by atoms with van der Waals surface area (Å²) in [5, 5.41) is 2.61. The van der Waals surface area contributed by atoms with Crippen molar-refractivity contribution in [2.45, 2.75) is 6.54 Å². The van der Waals surface area contributed by atoms with Gasteiger partial charge in [-0.1, -0.05) is 43.5 Å². The van der Waals surface area contributed by atoms with Gasteiger partial charge in [0, 0.05) is 6.54 Å². The Morgan fingerprint density at radius 1 is 1.25 bits per heavy atom. The van der Waals surface area contributed by atoms with Gasteiger partial charge in [0.15, 0.2) is 5.78 Å². The molecule has 0 saturated carbocycles. The molecule has 0 heterocycles. The lowest BCUT2D eigenvalue weighted by Crippen LogP contribution is -2.26. The average Bonchev–Trinajstić information content (AvgIpc) is 2.35. The normalized spacial score (nSPS) is 9.25. The van der Waals surface area contributed by atoms with Crippen molar-refractivity contribution in [3.8, 4) is 0 Å². The van der Waals surface area contributed by atoms with Crippen molar-refractivity contribution in [2.24, 2.45) is 0 Å². The molecule has 0 radical (unpaired) electrons. The SMILES string of the molecule is C=CC(=O)C(=C)C(=O)NCc1ccccc1. The van der Waals surface area contributed by atoms with E-state index in [1.165, 1.54) is 0 Å². The third-order valence-corrected chi connectivity index (χ3v) is 2.05. The molecule has 0 aliphatic carbocycles. The molecule has 0 aliphatic rings. The van der Waals surface area contributed by atoms with Crippen molar-refractivity contribution in [1.82, 2.24) is 5.32 Å². The third kappa shape index (κ3) is 3.20. The van der Waals surface area contributed by atoms with Crippen LogP contribution in [-0.4, -0.2) is 11.7 Å². The van der Waals surface area contributed by atoms with Gasteiger partial charge in [-0.15, -0.1) is 0 Å². The summed E-state index contributed by atoms with van der Waals surface area (Å²) in [7, 11) is 0. The van der Waals surface area contributed by atoms with E-state index in [0.717, 1.165) is 11.6 Å². The zero-order chi connectivity index (χ0) is 12.0. The van der Waals surface area contributed by atoms with Crippen LogP contribution in [0.3, 0.4) is 0 Å². The zero-order valence-corrected chi connectivity index (χ0v) is 8.90.